The van der Waals surface area contributed by atoms with Crippen molar-refractivity contribution in [3.63, 3.8) is 0 Å². The maximum Gasteiger partial charge on any atom is 0.329 e. The second kappa shape index (κ2) is 40.2. The van der Waals surface area contributed by atoms with Crippen LogP contribution in [0.2, 0.25) is 0 Å². The number of hydrogen-bond donors (Lipinski definition) is 2. The van der Waals surface area contributed by atoms with E-state index >= 15 is 0 Å². The molecule has 0 aromatic carbocycles. The number of nitrogens with one attached hydrogen (secondary N) is 2. The molecule has 2 atom stereocenters. The molecule has 0 aliphatic rings. The first-order chi connectivity index (χ1) is 26.4. The van der Waals surface area contributed by atoms with E-state index in [4.69, 9.17) is 9.47 Å². The molecule has 2 amide bonds. The highest BCUT2D eigenvalue weighted by molar-refractivity contribution is 8.76. The van der Waals surface area contributed by atoms with Gasteiger partial charge in [0.25, 0.3) is 0 Å². The lowest BCUT2D eigenvalue weighted by atomic mass is 10.1. The molecule has 0 spiro atoms. The number of methoxy groups -OCH3 is 2. The van der Waals surface area contributed by atoms with E-state index in [1.807, 2.05) is 0 Å². The summed E-state index contributed by atoms with van der Waals surface area (Å²) in [6.45, 7) is 4.45. The van der Waals surface area contributed by atoms with E-state index in [9.17, 15) is 19.2 Å². The maximum absolute atomic E-state index is 12.6. The summed E-state index contributed by atoms with van der Waals surface area (Å²) in [4.78, 5) is 49.9. The van der Waals surface area contributed by atoms with Gasteiger partial charge < -0.3 is 20.1 Å². The Labute approximate surface area is 337 Å². The Balaban J connectivity index is 4.19. The van der Waals surface area contributed by atoms with Gasteiger partial charge in [0.15, 0.2) is 0 Å². The summed E-state index contributed by atoms with van der Waals surface area (Å²) >= 11 is 0. The number of carbonyl (C=O) groups is 4. The highest BCUT2D eigenvalue weighted by atomic mass is 33.1. The van der Waals surface area contributed by atoms with E-state index in [0.29, 0.717) is 12.8 Å². The predicted molar refractivity (Wildman–Crippen MR) is 232 cm³/mol. The van der Waals surface area contributed by atoms with Gasteiger partial charge >= 0.3 is 11.9 Å². The third kappa shape index (κ3) is 34.1. The quantitative estimate of drug-likeness (QED) is 0.0277. The molecule has 0 saturated carbocycles. The van der Waals surface area contributed by atoms with E-state index < -0.39 is 24.0 Å². The fourth-order valence-electron chi connectivity index (χ4n) is 5.58. The highest BCUT2D eigenvalue weighted by Gasteiger charge is 2.24. The average molecular weight is 793 g/mol. The van der Waals surface area contributed by atoms with Crippen molar-refractivity contribution in [2.45, 2.75) is 180 Å². The minimum absolute atomic E-state index is 0.172. The van der Waals surface area contributed by atoms with Crippen molar-refractivity contribution in [3.8, 4) is 0 Å². The summed E-state index contributed by atoms with van der Waals surface area (Å²) in [5.41, 5.74) is 0. The van der Waals surface area contributed by atoms with Gasteiger partial charge in [-0.25, -0.2) is 9.59 Å². The molecule has 0 heterocycles. The number of unbranched alkanes of at least 4 members (excludes halogenated alkanes) is 16. The lowest BCUT2D eigenvalue weighted by Gasteiger charge is -2.18. The number of amides is 2. The zero-order valence-electron chi connectivity index (χ0n) is 34.4. The van der Waals surface area contributed by atoms with Crippen molar-refractivity contribution in [2.24, 2.45) is 0 Å². The normalized spacial score (nSPS) is 12.9. The minimum Gasteiger partial charge on any atom is -0.467 e. The van der Waals surface area contributed by atoms with Gasteiger partial charge in [-0.15, -0.1) is 0 Å². The largest absolute Gasteiger partial charge is 0.467 e. The van der Waals surface area contributed by atoms with Gasteiger partial charge in [-0.2, -0.15) is 0 Å². The van der Waals surface area contributed by atoms with Gasteiger partial charge in [-0.05, 0) is 77.0 Å². The van der Waals surface area contributed by atoms with Gasteiger partial charge in [0.05, 0.1) is 14.2 Å². The van der Waals surface area contributed by atoms with Crippen LogP contribution in [-0.4, -0.2) is 61.6 Å². The molecule has 0 aliphatic heterocycles. The van der Waals surface area contributed by atoms with Crippen molar-refractivity contribution in [1.29, 1.82) is 0 Å². The second-order valence-electron chi connectivity index (χ2n) is 13.8. The first kappa shape index (κ1) is 51.5. The van der Waals surface area contributed by atoms with E-state index in [0.717, 1.165) is 89.9 Å². The van der Waals surface area contributed by atoms with Crippen LogP contribution in [0.4, 0.5) is 0 Å². The van der Waals surface area contributed by atoms with Crippen molar-refractivity contribution >= 4 is 45.3 Å². The lowest BCUT2D eigenvalue weighted by Crippen LogP contribution is -2.44. The van der Waals surface area contributed by atoms with Gasteiger partial charge in [-0.3, -0.25) is 9.59 Å². The number of ether oxygens (including phenoxy) is 2. The van der Waals surface area contributed by atoms with E-state index in [1.54, 1.807) is 0 Å². The number of esters is 2. The molecule has 10 heteroatoms. The summed E-state index contributed by atoms with van der Waals surface area (Å²) in [7, 11) is 5.29. The second-order valence-corrected chi connectivity index (χ2v) is 16.4. The van der Waals surface area contributed by atoms with Crippen LogP contribution in [0, 0.1) is 0 Å². The van der Waals surface area contributed by atoms with Crippen molar-refractivity contribution in [1.82, 2.24) is 10.6 Å². The first-order valence-corrected chi connectivity index (χ1v) is 23.5. The molecule has 2 N–H and O–H groups in total. The molecule has 0 aromatic heterocycles. The molecule has 310 valence electrons. The molecule has 54 heavy (non-hydrogen) atoms. The summed E-state index contributed by atoms with van der Waals surface area (Å²) in [5, 5.41) is 5.61. The Kier molecular flexibility index (Phi) is 38.4. The van der Waals surface area contributed by atoms with Crippen LogP contribution in [0.15, 0.2) is 48.6 Å². The Hall–Kier alpha value is -2.46. The number of hydrogen-bond acceptors (Lipinski definition) is 8. The van der Waals surface area contributed by atoms with Crippen molar-refractivity contribution in [3.05, 3.63) is 48.6 Å². The smallest absolute Gasteiger partial charge is 0.329 e. The Morgan fingerprint density at radius 1 is 0.463 bits per heavy atom. The van der Waals surface area contributed by atoms with E-state index in [1.165, 1.54) is 87.2 Å². The molecule has 0 unspecified atom stereocenters. The maximum atomic E-state index is 12.6. The molecule has 0 aromatic rings. The number of carbonyl (C=O) groups excluding carboxylic acids is 4. The summed E-state index contributed by atoms with van der Waals surface area (Å²) in [5.74, 6) is -0.805. The summed E-state index contributed by atoms with van der Waals surface area (Å²) in [6.07, 6.45) is 43.3. The van der Waals surface area contributed by atoms with Crippen LogP contribution in [0.5, 0.6) is 0 Å². The molecule has 0 radical (unpaired) electrons. The fraction of sp³-hybridized carbons (Fsp3) is 0.727. The monoisotopic (exact) mass is 793 g/mol. The van der Waals surface area contributed by atoms with Crippen LogP contribution in [-0.2, 0) is 28.7 Å². The minimum atomic E-state index is -0.789. The lowest BCUT2D eigenvalue weighted by molar-refractivity contribution is -0.144. The zero-order chi connectivity index (χ0) is 39.7. The van der Waals surface area contributed by atoms with Crippen LogP contribution in [0.25, 0.3) is 0 Å². The third-order valence-corrected chi connectivity index (χ3v) is 11.3. The van der Waals surface area contributed by atoms with Crippen LogP contribution in [0.1, 0.15) is 168 Å². The molecule has 0 saturated heterocycles. The Morgan fingerprint density at radius 2 is 0.778 bits per heavy atom. The van der Waals surface area contributed by atoms with Crippen LogP contribution >= 0.6 is 21.6 Å². The van der Waals surface area contributed by atoms with Gasteiger partial charge in [0.2, 0.25) is 11.8 Å². The SMILES string of the molecule is CCCCC/C=C\C/C=C\CCCCCCCC(=O)N[C@@H](CSSC[C@H](NC(=O)CCCCCCC/C=C\C/C=C\CCCCC)C(=O)OC)C(=O)OC. The highest BCUT2D eigenvalue weighted by Crippen LogP contribution is 2.24. The van der Waals surface area contributed by atoms with Gasteiger partial charge in [-0.1, -0.05) is 148 Å². The summed E-state index contributed by atoms with van der Waals surface area (Å²) < 4.78 is 9.83. The topological polar surface area (TPSA) is 111 Å². The standard InChI is InChI=1S/C44H76N2O6S2/c1-5-7-9-11-13-15-17-19-21-23-25-27-29-31-33-35-41(47)45-39(43(49)51-3)37-53-54-38-40(44(50)52-4)46-42(48)36-34-32-30-28-26-24-22-20-18-16-14-12-10-8-6-2/h13-16,19-22,39-40H,5-12,17-18,23-38H2,1-4H3,(H,45,47)(H,46,48)/b15-13-,16-14-,21-19-,22-20-/t39-,40-/m0/s1. The third-order valence-electron chi connectivity index (χ3n) is 8.90. The average Bonchev–Trinajstić information content (AvgIpc) is 3.17. The summed E-state index contributed by atoms with van der Waals surface area (Å²) in [6, 6.07) is -1.58. The fourth-order valence-corrected chi connectivity index (χ4v) is 7.88. The molecular formula is C44H76N2O6S2. The van der Waals surface area contributed by atoms with E-state index in [-0.39, 0.29) is 23.3 Å². The zero-order valence-corrected chi connectivity index (χ0v) is 36.1. The first-order valence-electron chi connectivity index (χ1n) is 21.0. The number of allylic oxidation sites excluding steroid dienone is 8. The molecule has 8 nitrogen and oxygen atoms in total. The van der Waals surface area contributed by atoms with Gasteiger partial charge in [0.1, 0.15) is 12.1 Å². The van der Waals surface area contributed by atoms with Crippen molar-refractivity contribution < 1.29 is 28.7 Å². The molecule has 0 aliphatic carbocycles. The number of rotatable bonds is 37. The molecule has 0 fully saturated rings. The van der Waals surface area contributed by atoms with Gasteiger partial charge in [0, 0.05) is 24.3 Å². The molecule has 0 rings (SSSR count). The molecule has 0 bridgehead atoms. The Morgan fingerprint density at radius 3 is 1.11 bits per heavy atom. The predicted octanol–water partition coefficient (Wildman–Crippen LogP) is 11.3. The van der Waals surface area contributed by atoms with Crippen LogP contribution < -0.4 is 10.6 Å². The molecular weight excluding hydrogens is 717 g/mol. The van der Waals surface area contributed by atoms with Crippen LogP contribution in [0.3, 0.4) is 0 Å². The van der Waals surface area contributed by atoms with E-state index in [2.05, 4.69) is 73.1 Å². The Bertz CT molecular complexity index is 980. The van der Waals surface area contributed by atoms with Crippen molar-refractivity contribution in [2.75, 3.05) is 25.7 Å².